The Labute approximate surface area is 206 Å². The average molecular weight is 497 g/mol. The van der Waals surface area contributed by atoms with Gasteiger partial charge in [0.1, 0.15) is 23.8 Å². The van der Waals surface area contributed by atoms with E-state index in [0.29, 0.717) is 40.0 Å². The van der Waals surface area contributed by atoms with E-state index in [0.717, 1.165) is 10.9 Å². The first kappa shape index (κ1) is 24.1. The number of carbonyl (C=O) groups excluding carboxylic acids is 1. The van der Waals surface area contributed by atoms with Crippen molar-refractivity contribution in [3.8, 4) is 17.2 Å². The number of hydrogen-bond acceptors (Lipinski definition) is 6. The molecule has 4 aromatic rings. The van der Waals surface area contributed by atoms with Gasteiger partial charge in [-0.15, -0.1) is 0 Å². The molecule has 0 aliphatic rings. The highest BCUT2D eigenvalue weighted by Gasteiger charge is 2.14. The molecule has 1 aromatic heterocycles. The molecule has 0 radical (unpaired) electrons. The normalized spacial score (nSPS) is 11.1. The molecule has 1 heterocycles. The number of hydrogen-bond donors (Lipinski definition) is 1. The lowest BCUT2D eigenvalue weighted by molar-refractivity contribution is 0.0929. The highest BCUT2D eigenvalue weighted by Crippen LogP contribution is 2.36. The van der Waals surface area contributed by atoms with E-state index >= 15 is 0 Å². The molecule has 0 aliphatic carbocycles. The van der Waals surface area contributed by atoms with Crippen LogP contribution in [0.3, 0.4) is 0 Å². The second-order valence-corrected chi connectivity index (χ2v) is 7.80. The van der Waals surface area contributed by atoms with Gasteiger partial charge in [0.2, 0.25) is 0 Å². The number of amides is 1. The summed E-state index contributed by atoms with van der Waals surface area (Å²) in [6.45, 7) is 2.62. The molecule has 4 rings (SSSR count). The van der Waals surface area contributed by atoms with Crippen LogP contribution in [-0.2, 0) is 6.61 Å². The zero-order valence-electron chi connectivity index (χ0n) is 19.0. The first-order chi connectivity index (χ1) is 17.0. The molecule has 0 saturated heterocycles. The lowest BCUT2D eigenvalue weighted by Crippen LogP contribution is -2.16. The minimum Gasteiger partial charge on any atom is -0.494 e. The van der Waals surface area contributed by atoms with Gasteiger partial charge in [0.15, 0.2) is 17.3 Å². The van der Waals surface area contributed by atoms with E-state index < -0.39 is 5.91 Å². The van der Waals surface area contributed by atoms with Crippen LogP contribution in [-0.4, -0.2) is 25.8 Å². The van der Waals surface area contributed by atoms with Crippen LogP contribution < -0.4 is 19.6 Å². The molecular weight excluding hydrogens is 475 g/mol. The minimum atomic E-state index is -0.507. The van der Waals surface area contributed by atoms with Crippen molar-refractivity contribution in [1.29, 1.82) is 0 Å². The Balaban J connectivity index is 1.42. The van der Waals surface area contributed by atoms with Gasteiger partial charge in [0.25, 0.3) is 0 Å². The number of furan rings is 1. The Morgan fingerprint density at radius 3 is 2.66 bits per heavy atom. The van der Waals surface area contributed by atoms with Gasteiger partial charge >= 0.3 is 5.91 Å². The number of nitrogens with one attached hydrogen (secondary N) is 1. The molecule has 180 valence electrons. The molecule has 0 aliphatic heterocycles. The molecule has 0 spiro atoms. The average Bonchev–Trinajstić information content (AvgIpc) is 3.28. The van der Waals surface area contributed by atoms with Gasteiger partial charge in [-0.1, -0.05) is 23.7 Å². The maximum atomic E-state index is 13.1. The predicted octanol–water partition coefficient (Wildman–Crippen LogP) is 5.98. The van der Waals surface area contributed by atoms with Crippen LogP contribution >= 0.6 is 11.6 Å². The summed E-state index contributed by atoms with van der Waals surface area (Å²) >= 11 is 6.38. The van der Waals surface area contributed by atoms with E-state index in [9.17, 15) is 9.18 Å². The summed E-state index contributed by atoms with van der Waals surface area (Å²) in [7, 11) is 1.48. The number of ether oxygens (including phenoxy) is 3. The zero-order valence-corrected chi connectivity index (χ0v) is 19.8. The first-order valence-corrected chi connectivity index (χ1v) is 11.1. The van der Waals surface area contributed by atoms with Crippen molar-refractivity contribution >= 4 is 34.7 Å². The lowest BCUT2D eigenvalue weighted by atomic mass is 10.2. The molecule has 0 fully saturated rings. The Morgan fingerprint density at radius 1 is 1.11 bits per heavy atom. The molecular formula is C26H22ClFN2O5. The fourth-order valence-electron chi connectivity index (χ4n) is 3.30. The second kappa shape index (κ2) is 10.9. The third kappa shape index (κ3) is 5.91. The molecule has 1 amide bonds. The van der Waals surface area contributed by atoms with Crippen LogP contribution in [0.5, 0.6) is 17.2 Å². The Kier molecular flexibility index (Phi) is 7.52. The van der Waals surface area contributed by atoms with Crippen molar-refractivity contribution < 1.29 is 27.8 Å². The van der Waals surface area contributed by atoms with E-state index in [1.807, 2.05) is 6.92 Å². The third-order valence-corrected chi connectivity index (χ3v) is 5.23. The maximum absolute atomic E-state index is 13.1. The van der Waals surface area contributed by atoms with Crippen molar-refractivity contribution in [1.82, 2.24) is 5.43 Å². The summed E-state index contributed by atoms with van der Waals surface area (Å²) < 4.78 is 35.3. The quantitative estimate of drug-likeness (QED) is 0.228. The van der Waals surface area contributed by atoms with Crippen LogP contribution in [0.25, 0.3) is 11.0 Å². The van der Waals surface area contributed by atoms with Gasteiger partial charge in [-0.05, 0) is 66.6 Å². The summed E-state index contributed by atoms with van der Waals surface area (Å²) in [5, 5.41) is 5.02. The summed E-state index contributed by atoms with van der Waals surface area (Å²) in [6, 6.07) is 16.2. The molecule has 0 atom stereocenters. The number of halogens is 2. The van der Waals surface area contributed by atoms with Crippen molar-refractivity contribution in [2.75, 3.05) is 13.7 Å². The molecule has 35 heavy (non-hydrogen) atoms. The van der Waals surface area contributed by atoms with Crippen molar-refractivity contribution in [2.45, 2.75) is 13.5 Å². The molecule has 1 N–H and O–H groups in total. The van der Waals surface area contributed by atoms with E-state index in [-0.39, 0.29) is 18.2 Å². The van der Waals surface area contributed by atoms with Gasteiger partial charge in [-0.3, -0.25) is 4.79 Å². The second-order valence-electron chi connectivity index (χ2n) is 7.39. The zero-order chi connectivity index (χ0) is 24.8. The Morgan fingerprint density at radius 2 is 1.91 bits per heavy atom. The van der Waals surface area contributed by atoms with Gasteiger partial charge in [0.05, 0.1) is 25.0 Å². The molecule has 0 bridgehead atoms. The van der Waals surface area contributed by atoms with Gasteiger partial charge in [0, 0.05) is 5.39 Å². The van der Waals surface area contributed by atoms with Crippen molar-refractivity contribution in [3.63, 3.8) is 0 Å². The smallest absolute Gasteiger partial charge is 0.307 e. The number of hydrazone groups is 1. The summed E-state index contributed by atoms with van der Waals surface area (Å²) in [5.41, 5.74) is 4.35. The Bertz CT molecular complexity index is 1370. The highest BCUT2D eigenvalue weighted by molar-refractivity contribution is 6.32. The monoisotopic (exact) mass is 496 g/mol. The summed E-state index contributed by atoms with van der Waals surface area (Å²) in [6.07, 6.45) is 1.42. The van der Waals surface area contributed by atoms with Gasteiger partial charge in [-0.2, -0.15) is 5.10 Å². The third-order valence-electron chi connectivity index (χ3n) is 4.95. The highest BCUT2D eigenvalue weighted by atomic mass is 35.5. The largest absolute Gasteiger partial charge is 0.494 e. The van der Waals surface area contributed by atoms with E-state index in [4.69, 9.17) is 30.2 Å². The standard InChI is InChI=1S/C26H22ClFN2O5/c1-3-33-20-8-9-22-18(12-20)13-24(35-22)26(31)30-29-14-17-10-21(27)25(23(11-17)32-2)34-15-16-4-6-19(28)7-5-16/h4-14H,3,15H2,1-2H3,(H,30,31)/b29-14+. The van der Waals surface area contributed by atoms with Crippen LogP contribution in [0.4, 0.5) is 4.39 Å². The van der Waals surface area contributed by atoms with E-state index in [1.54, 1.807) is 48.5 Å². The van der Waals surface area contributed by atoms with Crippen LogP contribution in [0.15, 0.2) is 70.2 Å². The molecule has 9 heteroatoms. The number of methoxy groups -OCH3 is 1. The number of benzene rings is 3. The predicted molar refractivity (Wildman–Crippen MR) is 131 cm³/mol. The molecule has 3 aromatic carbocycles. The first-order valence-electron chi connectivity index (χ1n) is 10.7. The fourth-order valence-corrected chi connectivity index (χ4v) is 3.57. The molecule has 0 unspecified atom stereocenters. The van der Waals surface area contributed by atoms with Crippen LogP contribution in [0, 0.1) is 5.82 Å². The molecule has 7 nitrogen and oxygen atoms in total. The molecule has 0 saturated carbocycles. The van der Waals surface area contributed by atoms with Gasteiger partial charge in [-0.25, -0.2) is 9.82 Å². The SMILES string of the molecule is CCOc1ccc2oc(C(=O)N/N=C/c3cc(Cl)c(OCc4ccc(F)cc4)c(OC)c3)cc2c1. The van der Waals surface area contributed by atoms with Gasteiger partial charge < -0.3 is 18.6 Å². The fraction of sp³-hybridized carbons (Fsp3) is 0.154. The number of nitrogens with zero attached hydrogens (tertiary/aromatic N) is 1. The lowest BCUT2D eigenvalue weighted by Gasteiger charge is -2.13. The topological polar surface area (TPSA) is 82.3 Å². The van der Waals surface area contributed by atoms with Crippen LogP contribution in [0.2, 0.25) is 5.02 Å². The Hall–Kier alpha value is -4.04. The van der Waals surface area contributed by atoms with E-state index in [1.165, 1.54) is 25.5 Å². The van der Waals surface area contributed by atoms with Crippen molar-refractivity contribution in [2.24, 2.45) is 5.10 Å². The van der Waals surface area contributed by atoms with Crippen molar-refractivity contribution in [3.05, 3.63) is 88.4 Å². The minimum absolute atomic E-state index is 0.117. The number of rotatable bonds is 9. The maximum Gasteiger partial charge on any atom is 0.307 e. The van der Waals surface area contributed by atoms with Crippen LogP contribution in [0.1, 0.15) is 28.6 Å². The summed E-state index contributed by atoms with van der Waals surface area (Å²) in [5.74, 6) is 0.708. The van der Waals surface area contributed by atoms with E-state index in [2.05, 4.69) is 10.5 Å². The number of carbonyl (C=O) groups is 1. The summed E-state index contributed by atoms with van der Waals surface area (Å²) in [4.78, 5) is 12.5. The number of fused-ring (bicyclic) bond motifs is 1.